The van der Waals surface area contributed by atoms with E-state index in [-0.39, 0.29) is 11.5 Å². The van der Waals surface area contributed by atoms with Gasteiger partial charge in [-0.15, -0.1) is 0 Å². The number of anilines is 2. The van der Waals surface area contributed by atoms with Crippen LogP contribution in [0.1, 0.15) is 5.56 Å². The number of methoxy groups -OCH3 is 1. The molecule has 3 aromatic rings. The molecule has 0 fully saturated rings. The second kappa shape index (κ2) is 8.80. The van der Waals surface area contributed by atoms with E-state index < -0.39 is 22.0 Å². The number of nitrogens with one attached hydrogen (secondary N) is 2. The van der Waals surface area contributed by atoms with Crippen molar-refractivity contribution in [1.82, 2.24) is 0 Å². The van der Waals surface area contributed by atoms with E-state index in [1.165, 1.54) is 13.2 Å². The van der Waals surface area contributed by atoms with Crippen LogP contribution in [0.4, 0.5) is 11.4 Å². The van der Waals surface area contributed by atoms with E-state index in [4.69, 9.17) is 14.2 Å². The number of fused-ring (bicyclic) bond motifs is 1. The lowest BCUT2D eigenvalue weighted by Gasteiger charge is -2.25. The van der Waals surface area contributed by atoms with Crippen LogP contribution in [0.15, 0.2) is 71.6 Å². The summed E-state index contributed by atoms with van der Waals surface area (Å²) in [7, 11) is -2.47. The molecule has 0 aromatic heterocycles. The van der Waals surface area contributed by atoms with Crippen molar-refractivity contribution in [2.45, 2.75) is 17.9 Å². The van der Waals surface area contributed by atoms with Crippen molar-refractivity contribution in [1.29, 1.82) is 0 Å². The Kier molecular flexibility index (Phi) is 5.91. The first kappa shape index (κ1) is 21.5. The number of rotatable bonds is 6. The maximum atomic E-state index is 13.0. The molecule has 0 spiro atoms. The number of amides is 1. The summed E-state index contributed by atoms with van der Waals surface area (Å²) in [4.78, 5) is 12.7. The Morgan fingerprint density at radius 3 is 2.53 bits per heavy atom. The van der Waals surface area contributed by atoms with Gasteiger partial charge in [0.15, 0.2) is 11.5 Å². The molecule has 1 heterocycles. The molecule has 0 radical (unpaired) electrons. The predicted octanol–water partition coefficient (Wildman–Crippen LogP) is 3.58. The zero-order chi connectivity index (χ0) is 22.7. The van der Waals surface area contributed by atoms with Gasteiger partial charge >= 0.3 is 0 Å². The molecule has 4 rings (SSSR count). The average Bonchev–Trinajstić information content (AvgIpc) is 2.80. The van der Waals surface area contributed by atoms with Crippen LogP contribution in [-0.4, -0.2) is 34.1 Å². The number of carbonyl (C=O) groups is 1. The van der Waals surface area contributed by atoms with Crippen molar-refractivity contribution >= 4 is 27.3 Å². The van der Waals surface area contributed by atoms with Gasteiger partial charge in [-0.3, -0.25) is 9.52 Å². The van der Waals surface area contributed by atoms with Crippen molar-refractivity contribution in [2.75, 3.05) is 23.8 Å². The molecular formula is C23H22N2O6S. The Bertz CT molecular complexity index is 1260. The van der Waals surface area contributed by atoms with E-state index >= 15 is 0 Å². The smallest absolute Gasteiger partial charge is 0.269 e. The van der Waals surface area contributed by atoms with E-state index in [2.05, 4.69) is 10.0 Å². The number of sulfonamides is 1. The van der Waals surface area contributed by atoms with Gasteiger partial charge in [0.25, 0.3) is 15.9 Å². The summed E-state index contributed by atoms with van der Waals surface area (Å²) >= 11 is 0. The Morgan fingerprint density at radius 2 is 1.75 bits per heavy atom. The average molecular weight is 455 g/mol. The predicted molar refractivity (Wildman–Crippen MR) is 120 cm³/mol. The van der Waals surface area contributed by atoms with Gasteiger partial charge in [0.2, 0.25) is 6.10 Å². The molecule has 0 aliphatic carbocycles. The molecule has 166 valence electrons. The van der Waals surface area contributed by atoms with Gasteiger partial charge in [0.05, 0.1) is 17.7 Å². The van der Waals surface area contributed by atoms with Crippen LogP contribution in [0.3, 0.4) is 0 Å². The van der Waals surface area contributed by atoms with Crippen LogP contribution in [0.2, 0.25) is 0 Å². The zero-order valence-corrected chi connectivity index (χ0v) is 18.3. The van der Waals surface area contributed by atoms with Gasteiger partial charge in [0.1, 0.15) is 12.4 Å². The fourth-order valence-corrected chi connectivity index (χ4v) is 4.61. The summed E-state index contributed by atoms with van der Waals surface area (Å²) in [5.41, 5.74) is 1.16. The van der Waals surface area contributed by atoms with Crippen LogP contribution >= 0.6 is 0 Å². The maximum absolute atomic E-state index is 13.0. The molecule has 8 nitrogen and oxygen atoms in total. The van der Waals surface area contributed by atoms with Gasteiger partial charge in [-0.1, -0.05) is 30.3 Å². The topological polar surface area (TPSA) is 103 Å². The van der Waals surface area contributed by atoms with Gasteiger partial charge < -0.3 is 19.5 Å². The minimum atomic E-state index is -3.94. The second-order valence-corrected chi connectivity index (χ2v) is 8.79. The third-order valence-corrected chi connectivity index (χ3v) is 6.41. The minimum absolute atomic E-state index is 0.0346. The maximum Gasteiger partial charge on any atom is 0.269 e. The lowest BCUT2D eigenvalue weighted by atomic mass is 10.2. The van der Waals surface area contributed by atoms with Crippen molar-refractivity contribution < 1.29 is 27.4 Å². The number of ether oxygens (including phenoxy) is 3. The number of benzene rings is 3. The standard InChI is InChI=1S/C23H22N2O6S/c1-15-11-12-16(24-23(26)21-14-30-19-9-5-6-10-20(19)31-21)13-22(15)32(27,28)25-17-7-3-4-8-18(17)29-2/h3-13,21,25H,14H2,1-2H3,(H,24,26)/t21-/m0/s1. The van der Waals surface area contributed by atoms with E-state index in [0.29, 0.717) is 34.2 Å². The van der Waals surface area contributed by atoms with E-state index in [1.54, 1.807) is 61.5 Å². The van der Waals surface area contributed by atoms with Gasteiger partial charge in [-0.2, -0.15) is 0 Å². The number of hydrogen-bond acceptors (Lipinski definition) is 6. The molecular weight excluding hydrogens is 432 g/mol. The first-order valence-electron chi connectivity index (χ1n) is 9.83. The third-order valence-electron chi connectivity index (χ3n) is 4.90. The third kappa shape index (κ3) is 4.47. The quantitative estimate of drug-likeness (QED) is 0.590. The summed E-state index contributed by atoms with van der Waals surface area (Å²) in [5, 5.41) is 2.71. The highest BCUT2D eigenvalue weighted by atomic mass is 32.2. The molecule has 32 heavy (non-hydrogen) atoms. The molecule has 1 atom stereocenters. The summed E-state index contributed by atoms with van der Waals surface area (Å²) in [6.07, 6.45) is -0.863. The number of para-hydroxylation sites is 4. The summed E-state index contributed by atoms with van der Waals surface area (Å²) < 4.78 is 45.1. The van der Waals surface area contributed by atoms with Gasteiger partial charge in [-0.05, 0) is 48.9 Å². The molecule has 0 saturated carbocycles. The summed E-state index contributed by atoms with van der Waals surface area (Å²) in [6.45, 7) is 1.73. The highest BCUT2D eigenvalue weighted by molar-refractivity contribution is 7.92. The first-order chi connectivity index (χ1) is 15.4. The highest BCUT2D eigenvalue weighted by Crippen LogP contribution is 2.32. The first-order valence-corrected chi connectivity index (χ1v) is 11.3. The Balaban J connectivity index is 1.53. The summed E-state index contributed by atoms with van der Waals surface area (Å²) in [5.74, 6) is 1.01. The largest absolute Gasteiger partial charge is 0.495 e. The van der Waals surface area contributed by atoms with Crippen molar-refractivity contribution in [3.8, 4) is 17.2 Å². The van der Waals surface area contributed by atoms with Crippen molar-refractivity contribution in [3.63, 3.8) is 0 Å². The van der Waals surface area contributed by atoms with Crippen LogP contribution in [0.5, 0.6) is 17.2 Å². The Morgan fingerprint density at radius 1 is 1.03 bits per heavy atom. The monoisotopic (exact) mass is 454 g/mol. The molecule has 1 aliphatic heterocycles. The molecule has 1 aliphatic rings. The molecule has 0 bridgehead atoms. The number of hydrogen-bond donors (Lipinski definition) is 2. The normalized spacial score (nSPS) is 15.0. The van der Waals surface area contributed by atoms with Crippen LogP contribution in [0, 0.1) is 6.92 Å². The Labute approximate surface area is 186 Å². The van der Waals surface area contributed by atoms with Crippen molar-refractivity contribution in [3.05, 3.63) is 72.3 Å². The molecule has 0 saturated heterocycles. The second-order valence-electron chi connectivity index (χ2n) is 7.14. The van der Waals surface area contributed by atoms with E-state index in [0.717, 1.165) is 0 Å². The van der Waals surface area contributed by atoms with E-state index in [1.807, 2.05) is 6.07 Å². The zero-order valence-electron chi connectivity index (χ0n) is 17.5. The molecule has 0 unspecified atom stereocenters. The van der Waals surface area contributed by atoms with Crippen LogP contribution < -0.4 is 24.2 Å². The van der Waals surface area contributed by atoms with Crippen LogP contribution in [-0.2, 0) is 14.8 Å². The lowest BCUT2D eigenvalue weighted by Crippen LogP contribution is -2.40. The summed E-state index contributed by atoms with van der Waals surface area (Å²) in [6, 6.07) is 18.5. The molecule has 2 N–H and O–H groups in total. The molecule has 3 aromatic carbocycles. The molecule has 9 heteroatoms. The number of aryl methyl sites for hydroxylation is 1. The van der Waals surface area contributed by atoms with Gasteiger partial charge in [-0.25, -0.2) is 8.42 Å². The lowest BCUT2D eigenvalue weighted by molar-refractivity contribution is -0.125. The van der Waals surface area contributed by atoms with E-state index in [9.17, 15) is 13.2 Å². The highest BCUT2D eigenvalue weighted by Gasteiger charge is 2.28. The molecule has 1 amide bonds. The fourth-order valence-electron chi connectivity index (χ4n) is 3.27. The number of carbonyl (C=O) groups excluding carboxylic acids is 1. The van der Waals surface area contributed by atoms with Crippen molar-refractivity contribution in [2.24, 2.45) is 0 Å². The van der Waals surface area contributed by atoms with Gasteiger partial charge in [0, 0.05) is 5.69 Å². The minimum Gasteiger partial charge on any atom is -0.495 e. The SMILES string of the molecule is COc1ccccc1NS(=O)(=O)c1cc(NC(=O)[C@@H]2COc3ccccc3O2)ccc1C. The fraction of sp³-hybridized carbons (Fsp3) is 0.174. The Hall–Kier alpha value is -3.72. The van der Waals surface area contributed by atoms with Crippen LogP contribution in [0.25, 0.3) is 0 Å².